The Labute approximate surface area is 134 Å². The van der Waals surface area contributed by atoms with E-state index in [0.717, 1.165) is 11.3 Å². The second-order valence-electron chi connectivity index (χ2n) is 5.18. The molecular formula is C18H18O5. The Morgan fingerprint density at radius 1 is 0.957 bits per heavy atom. The summed E-state index contributed by atoms with van der Waals surface area (Å²) in [5.41, 5.74) is 1.41. The minimum atomic E-state index is -0.341. The van der Waals surface area contributed by atoms with Gasteiger partial charge in [-0.25, -0.2) is 0 Å². The zero-order valence-corrected chi connectivity index (χ0v) is 13.3. The molecule has 0 bridgehead atoms. The number of fused-ring (bicyclic) bond motifs is 1. The average molecular weight is 314 g/mol. The Balaban J connectivity index is 1.97. The van der Waals surface area contributed by atoms with Gasteiger partial charge in [-0.15, -0.1) is 0 Å². The van der Waals surface area contributed by atoms with Crippen molar-refractivity contribution in [3.8, 4) is 23.0 Å². The van der Waals surface area contributed by atoms with Crippen LogP contribution in [0.25, 0.3) is 0 Å². The Morgan fingerprint density at radius 2 is 1.70 bits per heavy atom. The lowest BCUT2D eigenvalue weighted by Crippen LogP contribution is -2.26. The van der Waals surface area contributed by atoms with E-state index in [1.165, 1.54) is 7.11 Å². The summed E-state index contributed by atoms with van der Waals surface area (Å²) < 4.78 is 21.6. The molecule has 0 saturated carbocycles. The van der Waals surface area contributed by atoms with Crippen LogP contribution in [0.15, 0.2) is 36.4 Å². The van der Waals surface area contributed by atoms with Gasteiger partial charge in [-0.2, -0.15) is 0 Å². The molecule has 2 aromatic carbocycles. The third-order valence-corrected chi connectivity index (χ3v) is 3.99. The van der Waals surface area contributed by atoms with E-state index in [0.29, 0.717) is 22.8 Å². The summed E-state index contributed by atoms with van der Waals surface area (Å²) >= 11 is 0. The Bertz CT molecular complexity index is 721. The standard InChI is InChI=1S/C18H18O5/c1-20-12-6-4-11(5-7-12)14-10-23-17-13(16(14)19)8-9-15(21-2)18(17)22-3/h4-9,14H,10H2,1-3H3. The van der Waals surface area contributed by atoms with Gasteiger partial charge in [0.15, 0.2) is 17.3 Å². The molecule has 0 saturated heterocycles. The summed E-state index contributed by atoms with van der Waals surface area (Å²) in [4.78, 5) is 12.8. The molecule has 0 aromatic heterocycles. The summed E-state index contributed by atoms with van der Waals surface area (Å²) in [6.07, 6.45) is 0. The fourth-order valence-corrected chi connectivity index (χ4v) is 2.75. The highest BCUT2D eigenvalue weighted by Crippen LogP contribution is 2.44. The van der Waals surface area contributed by atoms with Crippen molar-refractivity contribution in [3.63, 3.8) is 0 Å². The van der Waals surface area contributed by atoms with Gasteiger partial charge in [-0.05, 0) is 29.8 Å². The molecule has 3 rings (SSSR count). The molecule has 0 radical (unpaired) electrons. The van der Waals surface area contributed by atoms with Crippen LogP contribution in [0.1, 0.15) is 21.8 Å². The molecular weight excluding hydrogens is 296 g/mol. The van der Waals surface area contributed by atoms with Gasteiger partial charge in [-0.1, -0.05) is 12.1 Å². The summed E-state index contributed by atoms with van der Waals surface area (Å²) in [5.74, 6) is 1.86. The summed E-state index contributed by atoms with van der Waals surface area (Å²) in [6.45, 7) is 0.266. The maximum atomic E-state index is 12.8. The van der Waals surface area contributed by atoms with Crippen LogP contribution in [0.5, 0.6) is 23.0 Å². The first-order valence-electron chi connectivity index (χ1n) is 7.25. The van der Waals surface area contributed by atoms with Crippen molar-refractivity contribution in [1.29, 1.82) is 0 Å². The van der Waals surface area contributed by atoms with Gasteiger partial charge < -0.3 is 18.9 Å². The quantitative estimate of drug-likeness (QED) is 0.868. The number of carbonyl (C=O) groups excluding carboxylic acids is 1. The van der Waals surface area contributed by atoms with Gasteiger partial charge in [0.1, 0.15) is 12.4 Å². The Morgan fingerprint density at radius 3 is 2.30 bits per heavy atom. The number of benzene rings is 2. The first kappa shape index (κ1) is 15.2. The van der Waals surface area contributed by atoms with E-state index >= 15 is 0 Å². The Kier molecular flexibility index (Phi) is 4.10. The molecule has 5 nitrogen and oxygen atoms in total. The number of rotatable bonds is 4. The fraction of sp³-hybridized carbons (Fsp3) is 0.278. The van der Waals surface area contributed by atoms with E-state index in [2.05, 4.69) is 0 Å². The average Bonchev–Trinajstić information content (AvgIpc) is 2.61. The molecule has 1 heterocycles. The van der Waals surface area contributed by atoms with Crippen LogP contribution in [-0.4, -0.2) is 33.7 Å². The molecule has 1 aliphatic heterocycles. The third kappa shape index (κ3) is 2.59. The maximum Gasteiger partial charge on any atom is 0.204 e. The molecule has 1 atom stereocenters. The molecule has 23 heavy (non-hydrogen) atoms. The van der Waals surface area contributed by atoms with Gasteiger partial charge in [0, 0.05) is 0 Å². The predicted molar refractivity (Wildman–Crippen MR) is 85.1 cm³/mol. The molecule has 120 valence electrons. The highest BCUT2D eigenvalue weighted by atomic mass is 16.5. The monoisotopic (exact) mass is 314 g/mol. The summed E-state index contributed by atoms with van der Waals surface area (Å²) in [5, 5.41) is 0. The lowest BCUT2D eigenvalue weighted by molar-refractivity contribution is 0.0892. The summed E-state index contributed by atoms with van der Waals surface area (Å²) in [6, 6.07) is 10.9. The number of hydrogen-bond acceptors (Lipinski definition) is 5. The minimum absolute atomic E-state index is 0.0115. The normalized spacial score (nSPS) is 16.3. The van der Waals surface area contributed by atoms with E-state index in [9.17, 15) is 4.79 Å². The zero-order valence-electron chi connectivity index (χ0n) is 13.3. The Hall–Kier alpha value is -2.69. The van der Waals surface area contributed by atoms with E-state index in [1.54, 1.807) is 26.4 Å². The molecule has 0 aliphatic carbocycles. The van der Waals surface area contributed by atoms with Crippen LogP contribution >= 0.6 is 0 Å². The van der Waals surface area contributed by atoms with Crippen LogP contribution < -0.4 is 18.9 Å². The molecule has 1 unspecified atom stereocenters. The molecule has 5 heteroatoms. The van der Waals surface area contributed by atoms with Crippen molar-refractivity contribution in [2.24, 2.45) is 0 Å². The number of Topliss-reactive ketones (excluding diaryl/α,β-unsaturated/α-hetero) is 1. The van der Waals surface area contributed by atoms with Gasteiger partial charge in [0.2, 0.25) is 5.75 Å². The second kappa shape index (κ2) is 6.20. The van der Waals surface area contributed by atoms with E-state index in [-0.39, 0.29) is 18.3 Å². The van der Waals surface area contributed by atoms with Crippen molar-refractivity contribution in [3.05, 3.63) is 47.5 Å². The molecule has 2 aromatic rings. The molecule has 0 fully saturated rings. The van der Waals surface area contributed by atoms with Crippen LogP contribution in [0.4, 0.5) is 0 Å². The van der Waals surface area contributed by atoms with Gasteiger partial charge in [0.05, 0.1) is 32.8 Å². The van der Waals surface area contributed by atoms with Crippen molar-refractivity contribution < 1.29 is 23.7 Å². The third-order valence-electron chi connectivity index (χ3n) is 3.99. The number of hydrogen-bond donors (Lipinski definition) is 0. The van der Waals surface area contributed by atoms with Crippen molar-refractivity contribution in [2.45, 2.75) is 5.92 Å². The largest absolute Gasteiger partial charge is 0.497 e. The van der Waals surface area contributed by atoms with Gasteiger partial charge in [-0.3, -0.25) is 4.79 Å². The number of carbonyl (C=O) groups is 1. The van der Waals surface area contributed by atoms with Crippen molar-refractivity contribution >= 4 is 5.78 Å². The lowest BCUT2D eigenvalue weighted by Gasteiger charge is -2.26. The summed E-state index contributed by atoms with van der Waals surface area (Å²) in [7, 11) is 4.69. The SMILES string of the molecule is COc1ccc(C2COc3c(ccc(OC)c3OC)C2=O)cc1. The maximum absolute atomic E-state index is 12.8. The van der Waals surface area contributed by atoms with Gasteiger partial charge >= 0.3 is 0 Å². The highest BCUT2D eigenvalue weighted by Gasteiger charge is 2.33. The van der Waals surface area contributed by atoms with E-state index < -0.39 is 0 Å². The fourth-order valence-electron chi connectivity index (χ4n) is 2.75. The number of methoxy groups -OCH3 is 3. The van der Waals surface area contributed by atoms with E-state index in [1.807, 2.05) is 24.3 Å². The van der Waals surface area contributed by atoms with Crippen LogP contribution in [0.3, 0.4) is 0 Å². The van der Waals surface area contributed by atoms with Crippen LogP contribution in [-0.2, 0) is 0 Å². The molecule has 0 N–H and O–H groups in total. The predicted octanol–water partition coefficient (Wildman–Crippen LogP) is 3.07. The molecule has 0 amide bonds. The highest BCUT2D eigenvalue weighted by molar-refractivity contribution is 6.05. The first-order valence-corrected chi connectivity index (χ1v) is 7.25. The van der Waals surface area contributed by atoms with Crippen molar-refractivity contribution in [1.82, 2.24) is 0 Å². The minimum Gasteiger partial charge on any atom is -0.497 e. The first-order chi connectivity index (χ1) is 11.2. The zero-order chi connectivity index (χ0) is 16.4. The number of ketones is 1. The molecule has 1 aliphatic rings. The van der Waals surface area contributed by atoms with Gasteiger partial charge in [0.25, 0.3) is 0 Å². The smallest absolute Gasteiger partial charge is 0.204 e. The molecule has 0 spiro atoms. The van der Waals surface area contributed by atoms with Crippen LogP contribution in [0, 0.1) is 0 Å². The number of ether oxygens (including phenoxy) is 4. The van der Waals surface area contributed by atoms with Crippen LogP contribution in [0.2, 0.25) is 0 Å². The lowest BCUT2D eigenvalue weighted by atomic mass is 9.88. The topological polar surface area (TPSA) is 54.0 Å². The van der Waals surface area contributed by atoms with E-state index in [4.69, 9.17) is 18.9 Å². The van der Waals surface area contributed by atoms with Crippen molar-refractivity contribution in [2.75, 3.05) is 27.9 Å². The second-order valence-corrected chi connectivity index (χ2v) is 5.18.